The number of nitrogens with one attached hydrogen (secondary N) is 2. The molecule has 2 aliphatic carbocycles. The molecule has 2 N–H and O–H groups in total. The van der Waals surface area contributed by atoms with E-state index in [1.165, 1.54) is 7.05 Å². The van der Waals surface area contributed by atoms with Crippen LogP contribution in [0.2, 0.25) is 0 Å². The molecule has 0 spiro atoms. The summed E-state index contributed by atoms with van der Waals surface area (Å²) in [6.45, 7) is 1.71. The van der Waals surface area contributed by atoms with Gasteiger partial charge >= 0.3 is 6.18 Å². The van der Waals surface area contributed by atoms with Crippen LogP contribution in [0.4, 0.5) is 39.4 Å². The van der Waals surface area contributed by atoms with Gasteiger partial charge in [0.15, 0.2) is 0 Å². The van der Waals surface area contributed by atoms with E-state index in [-0.39, 0.29) is 17.8 Å². The normalized spacial score (nSPS) is 26.0. The highest BCUT2D eigenvalue weighted by molar-refractivity contribution is 5.57. The minimum Gasteiger partial charge on any atom is -0.372 e. The van der Waals surface area contributed by atoms with Gasteiger partial charge in [-0.2, -0.15) is 23.3 Å². The van der Waals surface area contributed by atoms with E-state index < -0.39 is 29.5 Å². The van der Waals surface area contributed by atoms with Gasteiger partial charge in [0.05, 0.1) is 17.4 Å². The van der Waals surface area contributed by atoms with E-state index in [1.807, 2.05) is 0 Å². The SMILES string of the molecule is CNc1nc(Nc2cn(C3CC4[C@@H](C3)C4(F)F)nc2C)ncc1C(F)(F)F. The molecular weight excluding hydrogens is 371 g/mol. The molecule has 4 rings (SSSR count). The predicted octanol–water partition coefficient (Wildman–Crippen LogP) is 4.00. The maximum atomic E-state index is 13.3. The molecule has 11 heteroatoms. The second kappa shape index (κ2) is 5.77. The third kappa shape index (κ3) is 2.98. The fraction of sp³-hybridized carbons (Fsp3) is 0.562. The first-order valence-electron chi connectivity index (χ1n) is 8.43. The Morgan fingerprint density at radius 1 is 1.22 bits per heavy atom. The van der Waals surface area contributed by atoms with Gasteiger partial charge in [0, 0.05) is 31.3 Å². The molecule has 2 aromatic rings. The zero-order valence-corrected chi connectivity index (χ0v) is 14.5. The number of aromatic nitrogens is 4. The maximum absolute atomic E-state index is 13.3. The molecule has 2 aliphatic rings. The fourth-order valence-corrected chi connectivity index (χ4v) is 3.75. The van der Waals surface area contributed by atoms with Gasteiger partial charge in [0.1, 0.15) is 11.4 Å². The number of alkyl halides is 5. The summed E-state index contributed by atoms with van der Waals surface area (Å²) in [6, 6.07) is -0.102. The summed E-state index contributed by atoms with van der Waals surface area (Å²) in [4.78, 5) is 7.57. The van der Waals surface area contributed by atoms with E-state index in [0.717, 1.165) is 0 Å². The molecule has 27 heavy (non-hydrogen) atoms. The van der Waals surface area contributed by atoms with Crippen LogP contribution in [0.1, 0.15) is 30.1 Å². The first-order valence-corrected chi connectivity index (χ1v) is 8.43. The summed E-state index contributed by atoms with van der Waals surface area (Å²) in [5.74, 6) is -4.05. The average Bonchev–Trinajstić information content (AvgIpc) is 2.99. The van der Waals surface area contributed by atoms with Crippen molar-refractivity contribution in [3.63, 3.8) is 0 Å². The average molecular weight is 388 g/mol. The van der Waals surface area contributed by atoms with Gasteiger partial charge < -0.3 is 10.6 Å². The molecule has 2 saturated carbocycles. The van der Waals surface area contributed by atoms with Gasteiger partial charge in [-0.3, -0.25) is 4.68 Å². The number of nitrogens with zero attached hydrogens (tertiary/aromatic N) is 4. The molecule has 3 atom stereocenters. The summed E-state index contributed by atoms with van der Waals surface area (Å²) in [6.07, 6.45) is -1.46. The van der Waals surface area contributed by atoms with Crippen LogP contribution in [-0.4, -0.2) is 32.7 Å². The third-order valence-electron chi connectivity index (χ3n) is 5.29. The van der Waals surface area contributed by atoms with Crippen LogP contribution < -0.4 is 10.6 Å². The highest BCUT2D eigenvalue weighted by Crippen LogP contribution is 2.66. The number of rotatable bonds is 4. The van der Waals surface area contributed by atoms with E-state index in [2.05, 4.69) is 25.7 Å². The van der Waals surface area contributed by atoms with E-state index >= 15 is 0 Å². The summed E-state index contributed by atoms with van der Waals surface area (Å²) < 4.78 is 67.1. The second-order valence-corrected chi connectivity index (χ2v) is 6.95. The van der Waals surface area contributed by atoms with Crippen molar-refractivity contribution in [2.45, 2.75) is 37.9 Å². The van der Waals surface area contributed by atoms with Crippen LogP contribution in [0, 0.1) is 18.8 Å². The number of fused-ring (bicyclic) bond motifs is 1. The lowest BCUT2D eigenvalue weighted by molar-refractivity contribution is -0.137. The number of aryl methyl sites for hydroxylation is 1. The lowest BCUT2D eigenvalue weighted by Gasteiger charge is -2.14. The first-order chi connectivity index (χ1) is 12.6. The van der Waals surface area contributed by atoms with Crippen LogP contribution in [-0.2, 0) is 6.18 Å². The smallest absolute Gasteiger partial charge is 0.372 e. The molecule has 0 amide bonds. The van der Waals surface area contributed by atoms with Crippen molar-refractivity contribution in [1.29, 1.82) is 0 Å². The molecule has 146 valence electrons. The van der Waals surface area contributed by atoms with Crippen LogP contribution in [0.25, 0.3) is 0 Å². The van der Waals surface area contributed by atoms with Crippen LogP contribution in [0.5, 0.6) is 0 Å². The van der Waals surface area contributed by atoms with Gasteiger partial charge in [-0.25, -0.2) is 13.8 Å². The van der Waals surface area contributed by atoms with Crippen molar-refractivity contribution >= 4 is 17.5 Å². The van der Waals surface area contributed by atoms with Crippen molar-refractivity contribution in [3.05, 3.63) is 23.7 Å². The highest BCUT2D eigenvalue weighted by Gasteiger charge is 2.71. The molecule has 6 nitrogen and oxygen atoms in total. The standard InChI is InChI=1S/C16H17F5N6/c1-7-12(6-27(26-7)8-3-9-10(4-8)15(9,17)18)24-14-23-5-11(16(19,20)21)13(22-2)25-14/h5-6,8-10H,3-4H2,1-2H3,(H2,22,23,24,25)/t8?,9-,10?/m1/s1. The Balaban J connectivity index is 1.52. The van der Waals surface area contributed by atoms with Crippen LogP contribution >= 0.6 is 0 Å². The molecule has 2 aromatic heterocycles. The lowest BCUT2D eigenvalue weighted by atomic mass is 10.1. The Hall–Kier alpha value is -2.46. The van der Waals surface area contributed by atoms with Gasteiger partial charge in [-0.15, -0.1) is 0 Å². The van der Waals surface area contributed by atoms with E-state index in [0.29, 0.717) is 30.4 Å². The van der Waals surface area contributed by atoms with E-state index in [4.69, 9.17) is 0 Å². The largest absolute Gasteiger partial charge is 0.421 e. The second-order valence-electron chi connectivity index (χ2n) is 6.95. The summed E-state index contributed by atoms with van der Waals surface area (Å²) >= 11 is 0. The molecular formula is C16H17F5N6. The van der Waals surface area contributed by atoms with Crippen molar-refractivity contribution in [2.24, 2.45) is 11.8 Å². The molecule has 0 aromatic carbocycles. The Morgan fingerprint density at radius 3 is 2.48 bits per heavy atom. The third-order valence-corrected chi connectivity index (χ3v) is 5.29. The van der Waals surface area contributed by atoms with Gasteiger partial charge in [0.25, 0.3) is 5.92 Å². The predicted molar refractivity (Wildman–Crippen MR) is 87.0 cm³/mol. The Kier molecular flexibility index (Phi) is 3.83. The number of hydrogen-bond donors (Lipinski definition) is 2. The van der Waals surface area contributed by atoms with Gasteiger partial charge in [0.2, 0.25) is 5.95 Å². The molecule has 0 bridgehead atoms. The van der Waals surface area contributed by atoms with Crippen molar-refractivity contribution in [2.75, 3.05) is 17.7 Å². The molecule has 2 fully saturated rings. The zero-order valence-electron chi connectivity index (χ0n) is 14.5. The Morgan fingerprint density at radius 2 is 1.89 bits per heavy atom. The highest BCUT2D eigenvalue weighted by atomic mass is 19.4. The minimum atomic E-state index is -4.57. The number of anilines is 3. The van der Waals surface area contributed by atoms with Crippen molar-refractivity contribution < 1.29 is 22.0 Å². The molecule has 0 aliphatic heterocycles. The van der Waals surface area contributed by atoms with Crippen molar-refractivity contribution in [3.8, 4) is 0 Å². The van der Waals surface area contributed by atoms with Gasteiger partial charge in [-0.1, -0.05) is 0 Å². The van der Waals surface area contributed by atoms with Gasteiger partial charge in [-0.05, 0) is 19.8 Å². The number of halogens is 5. The maximum Gasteiger partial charge on any atom is 0.421 e. The minimum absolute atomic E-state index is 0.0178. The molecule has 2 heterocycles. The van der Waals surface area contributed by atoms with Crippen molar-refractivity contribution in [1.82, 2.24) is 19.7 Å². The summed E-state index contributed by atoms with van der Waals surface area (Å²) in [5, 5.41) is 9.60. The van der Waals surface area contributed by atoms with Crippen LogP contribution in [0.15, 0.2) is 12.4 Å². The van der Waals surface area contributed by atoms with E-state index in [1.54, 1.807) is 17.8 Å². The Bertz CT molecular complexity index is 863. The quantitative estimate of drug-likeness (QED) is 0.775. The fourth-order valence-electron chi connectivity index (χ4n) is 3.75. The monoisotopic (exact) mass is 388 g/mol. The first kappa shape index (κ1) is 17.9. The lowest BCUT2D eigenvalue weighted by Crippen LogP contribution is -2.13. The summed E-state index contributed by atoms with van der Waals surface area (Å²) in [5.41, 5.74) is 0.134. The summed E-state index contributed by atoms with van der Waals surface area (Å²) in [7, 11) is 1.34. The molecule has 2 unspecified atom stereocenters. The topological polar surface area (TPSA) is 67.7 Å². The molecule has 0 radical (unpaired) electrons. The molecule has 0 saturated heterocycles. The zero-order chi connectivity index (χ0) is 19.6. The Labute approximate surface area is 151 Å². The van der Waals surface area contributed by atoms with Crippen LogP contribution in [0.3, 0.4) is 0 Å². The van der Waals surface area contributed by atoms with E-state index in [9.17, 15) is 22.0 Å². The number of hydrogen-bond acceptors (Lipinski definition) is 5.